The highest BCUT2D eigenvalue weighted by atomic mass is 32.2. The molecule has 0 aromatic rings. The first kappa shape index (κ1) is 12.6. The molecule has 0 aliphatic heterocycles. The fraction of sp³-hybridized carbons (Fsp3) is 0.889. The molecule has 0 aliphatic carbocycles. The largest absolute Gasteiger partial charge is 0.370 e. The Morgan fingerprint density at radius 2 is 2.31 bits per heavy atom. The molecule has 0 aromatic heterocycles. The van der Waals surface area contributed by atoms with Gasteiger partial charge in [0.2, 0.25) is 0 Å². The Balaban J connectivity index is 3.57. The first-order valence-corrected chi connectivity index (χ1v) is 6.15. The van der Waals surface area contributed by atoms with Crippen molar-refractivity contribution >= 4 is 17.7 Å². The van der Waals surface area contributed by atoms with Crippen LogP contribution in [0.2, 0.25) is 0 Å². The molecule has 0 saturated heterocycles. The van der Waals surface area contributed by atoms with Gasteiger partial charge in [0.25, 0.3) is 0 Å². The van der Waals surface area contributed by atoms with Gasteiger partial charge in [0.1, 0.15) is 0 Å². The van der Waals surface area contributed by atoms with Crippen LogP contribution >= 0.6 is 11.8 Å². The number of thioether (sulfide) groups is 1. The van der Waals surface area contributed by atoms with E-state index in [4.69, 9.17) is 5.73 Å². The SMILES string of the molecule is CCCN=C(N)NC(C)CCSC. The maximum Gasteiger partial charge on any atom is 0.188 e. The molecular weight excluding hydrogens is 182 g/mol. The average molecular weight is 203 g/mol. The Hall–Kier alpha value is -0.380. The predicted octanol–water partition coefficient (Wildman–Crippen LogP) is 1.44. The van der Waals surface area contributed by atoms with Crippen LogP contribution in [0, 0.1) is 0 Å². The van der Waals surface area contributed by atoms with Crippen LogP contribution in [-0.4, -0.2) is 30.6 Å². The first-order chi connectivity index (χ1) is 6.20. The van der Waals surface area contributed by atoms with Crippen molar-refractivity contribution in [1.82, 2.24) is 5.32 Å². The molecule has 0 aromatic carbocycles. The van der Waals surface area contributed by atoms with Crippen molar-refractivity contribution < 1.29 is 0 Å². The van der Waals surface area contributed by atoms with Gasteiger partial charge in [-0.3, -0.25) is 4.99 Å². The van der Waals surface area contributed by atoms with Crippen LogP contribution in [0.3, 0.4) is 0 Å². The summed E-state index contributed by atoms with van der Waals surface area (Å²) >= 11 is 1.85. The predicted molar refractivity (Wildman–Crippen MR) is 62.4 cm³/mol. The van der Waals surface area contributed by atoms with E-state index in [1.165, 1.54) is 0 Å². The summed E-state index contributed by atoms with van der Waals surface area (Å²) in [6.07, 6.45) is 4.28. The normalized spacial score (nSPS) is 14.2. The van der Waals surface area contributed by atoms with Crippen LogP contribution in [0.25, 0.3) is 0 Å². The zero-order chi connectivity index (χ0) is 10.1. The number of rotatable bonds is 6. The van der Waals surface area contributed by atoms with E-state index in [1.54, 1.807) is 0 Å². The van der Waals surface area contributed by atoms with Gasteiger partial charge in [-0.1, -0.05) is 6.92 Å². The van der Waals surface area contributed by atoms with Gasteiger partial charge in [-0.25, -0.2) is 0 Å². The van der Waals surface area contributed by atoms with Gasteiger partial charge >= 0.3 is 0 Å². The van der Waals surface area contributed by atoms with Crippen molar-refractivity contribution in [3.63, 3.8) is 0 Å². The molecule has 3 N–H and O–H groups in total. The van der Waals surface area contributed by atoms with Crippen LogP contribution in [0.4, 0.5) is 0 Å². The molecular formula is C9H21N3S. The van der Waals surface area contributed by atoms with E-state index in [0.29, 0.717) is 12.0 Å². The third-order valence-electron chi connectivity index (χ3n) is 1.66. The van der Waals surface area contributed by atoms with Crippen molar-refractivity contribution in [3.05, 3.63) is 0 Å². The van der Waals surface area contributed by atoms with E-state index >= 15 is 0 Å². The topological polar surface area (TPSA) is 50.4 Å². The Morgan fingerprint density at radius 3 is 2.85 bits per heavy atom. The van der Waals surface area contributed by atoms with Gasteiger partial charge in [0, 0.05) is 12.6 Å². The highest BCUT2D eigenvalue weighted by molar-refractivity contribution is 7.98. The lowest BCUT2D eigenvalue weighted by atomic mass is 10.3. The molecule has 3 nitrogen and oxygen atoms in total. The molecule has 0 amide bonds. The number of aliphatic imine (C=N–C) groups is 1. The number of hydrogen-bond acceptors (Lipinski definition) is 2. The number of nitrogens with two attached hydrogens (primary N) is 1. The Kier molecular flexibility index (Phi) is 7.99. The summed E-state index contributed by atoms with van der Waals surface area (Å²) in [5, 5.41) is 3.16. The molecule has 0 rings (SSSR count). The van der Waals surface area contributed by atoms with Crippen LogP contribution in [0.15, 0.2) is 4.99 Å². The molecule has 1 unspecified atom stereocenters. The standard InChI is InChI=1S/C9H21N3S/c1-4-6-11-9(10)12-8(2)5-7-13-3/h8H,4-7H2,1-3H3,(H3,10,11,12). The van der Waals surface area contributed by atoms with E-state index < -0.39 is 0 Å². The summed E-state index contributed by atoms with van der Waals surface area (Å²) in [5.41, 5.74) is 5.66. The summed E-state index contributed by atoms with van der Waals surface area (Å²) in [5.74, 6) is 1.74. The van der Waals surface area contributed by atoms with Gasteiger partial charge in [-0.2, -0.15) is 11.8 Å². The Bertz CT molecular complexity index is 148. The monoisotopic (exact) mass is 203 g/mol. The lowest BCUT2D eigenvalue weighted by Crippen LogP contribution is -2.38. The maximum absolute atomic E-state index is 5.66. The summed E-state index contributed by atoms with van der Waals surface area (Å²) < 4.78 is 0. The number of hydrogen-bond donors (Lipinski definition) is 2. The quantitative estimate of drug-likeness (QED) is 0.507. The van der Waals surface area contributed by atoms with Gasteiger partial charge < -0.3 is 11.1 Å². The van der Waals surface area contributed by atoms with Crippen molar-refractivity contribution in [1.29, 1.82) is 0 Å². The third-order valence-corrected chi connectivity index (χ3v) is 2.30. The average Bonchev–Trinajstić information content (AvgIpc) is 2.11. The molecule has 0 aliphatic rings. The smallest absolute Gasteiger partial charge is 0.188 e. The summed E-state index contributed by atoms with van der Waals surface area (Å²) in [6.45, 7) is 5.03. The van der Waals surface area contributed by atoms with Crippen LogP contribution < -0.4 is 11.1 Å². The minimum atomic E-state index is 0.424. The Morgan fingerprint density at radius 1 is 1.62 bits per heavy atom. The van der Waals surface area contributed by atoms with Crippen LogP contribution in [0.1, 0.15) is 26.7 Å². The second kappa shape index (κ2) is 8.23. The van der Waals surface area contributed by atoms with Gasteiger partial charge in [0.15, 0.2) is 5.96 Å². The zero-order valence-electron chi connectivity index (χ0n) is 8.84. The summed E-state index contributed by atoms with van der Waals surface area (Å²) in [6, 6.07) is 0.424. The van der Waals surface area contributed by atoms with Crippen molar-refractivity contribution in [3.8, 4) is 0 Å². The van der Waals surface area contributed by atoms with E-state index in [2.05, 4.69) is 30.4 Å². The number of nitrogens with one attached hydrogen (secondary N) is 1. The molecule has 1 atom stereocenters. The molecule has 0 bridgehead atoms. The van der Waals surface area contributed by atoms with Crippen molar-refractivity contribution in [2.24, 2.45) is 10.7 Å². The maximum atomic E-state index is 5.66. The molecule has 13 heavy (non-hydrogen) atoms. The highest BCUT2D eigenvalue weighted by Crippen LogP contribution is 1.99. The molecule has 0 saturated carbocycles. The number of nitrogens with zero attached hydrogens (tertiary/aromatic N) is 1. The fourth-order valence-corrected chi connectivity index (χ4v) is 1.49. The van der Waals surface area contributed by atoms with Gasteiger partial charge in [0.05, 0.1) is 0 Å². The van der Waals surface area contributed by atoms with E-state index in [9.17, 15) is 0 Å². The van der Waals surface area contributed by atoms with E-state index in [1.807, 2.05) is 11.8 Å². The van der Waals surface area contributed by atoms with Gasteiger partial charge in [-0.15, -0.1) is 0 Å². The molecule has 0 spiro atoms. The van der Waals surface area contributed by atoms with E-state index in [-0.39, 0.29) is 0 Å². The molecule has 78 valence electrons. The molecule has 0 heterocycles. The van der Waals surface area contributed by atoms with E-state index in [0.717, 1.165) is 25.1 Å². The molecule has 0 radical (unpaired) electrons. The minimum absolute atomic E-state index is 0.424. The molecule has 0 fully saturated rings. The second-order valence-corrected chi connectivity index (χ2v) is 4.08. The third kappa shape index (κ3) is 7.96. The first-order valence-electron chi connectivity index (χ1n) is 4.76. The lowest BCUT2D eigenvalue weighted by molar-refractivity contribution is 0.641. The van der Waals surface area contributed by atoms with Crippen LogP contribution in [-0.2, 0) is 0 Å². The zero-order valence-corrected chi connectivity index (χ0v) is 9.66. The van der Waals surface area contributed by atoms with Crippen molar-refractivity contribution in [2.75, 3.05) is 18.6 Å². The van der Waals surface area contributed by atoms with Crippen LogP contribution in [0.5, 0.6) is 0 Å². The lowest BCUT2D eigenvalue weighted by Gasteiger charge is -2.13. The second-order valence-electron chi connectivity index (χ2n) is 3.09. The fourth-order valence-electron chi connectivity index (χ4n) is 0.897. The van der Waals surface area contributed by atoms with Gasteiger partial charge in [-0.05, 0) is 31.8 Å². The molecule has 4 heteroatoms. The minimum Gasteiger partial charge on any atom is -0.370 e. The summed E-state index contributed by atoms with van der Waals surface area (Å²) in [4.78, 5) is 4.17. The summed E-state index contributed by atoms with van der Waals surface area (Å²) in [7, 11) is 0. The number of guanidine groups is 1. The highest BCUT2D eigenvalue weighted by Gasteiger charge is 2.00. The van der Waals surface area contributed by atoms with Crippen molar-refractivity contribution in [2.45, 2.75) is 32.7 Å². The Labute approximate surface area is 85.6 Å².